The van der Waals surface area contributed by atoms with Crippen LogP contribution in [0.3, 0.4) is 0 Å². The van der Waals surface area contributed by atoms with Crippen molar-refractivity contribution in [2.24, 2.45) is 0 Å². The minimum atomic E-state index is -3.48. The maximum Gasteiger partial charge on any atom is 0.240 e. The third-order valence-corrected chi connectivity index (χ3v) is 4.21. The number of anilines is 2. The molecule has 108 valence electrons. The third kappa shape index (κ3) is 4.38. The number of hydrogen-bond acceptors (Lipinski definition) is 5. The van der Waals surface area contributed by atoms with Gasteiger partial charge in [0.2, 0.25) is 10.0 Å². The number of rotatable bonds is 7. The van der Waals surface area contributed by atoms with E-state index in [1.807, 2.05) is 6.92 Å². The smallest absolute Gasteiger partial charge is 0.240 e. The van der Waals surface area contributed by atoms with Crippen LogP contribution in [0.15, 0.2) is 23.1 Å². The molecule has 1 aromatic carbocycles. The number of sulfonamides is 1. The number of nitrogen functional groups attached to an aromatic ring is 1. The molecule has 0 aliphatic rings. The first kappa shape index (κ1) is 15.7. The minimum absolute atomic E-state index is 0.0991. The fraction of sp³-hybridized carbons (Fsp3) is 0.500. The molecule has 1 unspecified atom stereocenters. The SMILES string of the molecule is CNS(=O)(=O)c1ccc(N)c(NC(C)CCCO)c1. The zero-order valence-electron chi connectivity index (χ0n) is 11.2. The molecule has 19 heavy (non-hydrogen) atoms. The molecule has 0 saturated heterocycles. The fourth-order valence-electron chi connectivity index (χ4n) is 1.68. The van der Waals surface area contributed by atoms with Crippen molar-refractivity contribution in [2.45, 2.75) is 30.7 Å². The zero-order valence-corrected chi connectivity index (χ0v) is 12.0. The second-order valence-corrected chi connectivity index (χ2v) is 6.25. The molecule has 0 bridgehead atoms. The van der Waals surface area contributed by atoms with Crippen LogP contribution in [0.25, 0.3) is 0 Å². The Hall–Kier alpha value is -1.31. The highest BCUT2D eigenvalue weighted by Crippen LogP contribution is 2.24. The van der Waals surface area contributed by atoms with Crippen molar-refractivity contribution in [1.29, 1.82) is 0 Å². The van der Waals surface area contributed by atoms with Crippen molar-refractivity contribution in [3.8, 4) is 0 Å². The number of aliphatic hydroxyl groups excluding tert-OH is 1. The van der Waals surface area contributed by atoms with E-state index in [1.54, 1.807) is 6.07 Å². The molecule has 7 heteroatoms. The van der Waals surface area contributed by atoms with Crippen molar-refractivity contribution < 1.29 is 13.5 Å². The lowest BCUT2D eigenvalue weighted by Crippen LogP contribution is -2.20. The monoisotopic (exact) mass is 287 g/mol. The van der Waals surface area contributed by atoms with Gasteiger partial charge in [0.15, 0.2) is 0 Å². The van der Waals surface area contributed by atoms with E-state index in [0.717, 1.165) is 6.42 Å². The summed E-state index contributed by atoms with van der Waals surface area (Å²) in [6, 6.07) is 4.63. The lowest BCUT2D eigenvalue weighted by molar-refractivity contribution is 0.282. The van der Waals surface area contributed by atoms with E-state index in [9.17, 15) is 8.42 Å². The molecule has 0 spiro atoms. The average Bonchev–Trinajstić information content (AvgIpc) is 2.38. The van der Waals surface area contributed by atoms with Crippen LogP contribution in [0.5, 0.6) is 0 Å². The van der Waals surface area contributed by atoms with E-state index in [0.29, 0.717) is 17.8 Å². The molecule has 0 aromatic heterocycles. The molecule has 5 N–H and O–H groups in total. The molecule has 0 heterocycles. The summed E-state index contributed by atoms with van der Waals surface area (Å²) in [5, 5.41) is 11.9. The van der Waals surface area contributed by atoms with Crippen LogP contribution in [-0.4, -0.2) is 33.2 Å². The molecule has 1 atom stereocenters. The van der Waals surface area contributed by atoms with Crippen molar-refractivity contribution >= 4 is 21.4 Å². The highest BCUT2D eigenvalue weighted by atomic mass is 32.2. The Balaban J connectivity index is 2.92. The van der Waals surface area contributed by atoms with Gasteiger partial charge in [-0.25, -0.2) is 13.1 Å². The van der Waals surface area contributed by atoms with Crippen LogP contribution in [0.2, 0.25) is 0 Å². The maximum absolute atomic E-state index is 11.7. The Bertz CT molecular complexity index is 517. The molecule has 0 radical (unpaired) electrons. The summed E-state index contributed by atoms with van der Waals surface area (Å²) >= 11 is 0. The Labute approximate surface area is 114 Å². The van der Waals surface area contributed by atoms with Gasteiger partial charge in [-0.1, -0.05) is 0 Å². The summed E-state index contributed by atoms with van der Waals surface area (Å²) in [5.41, 5.74) is 6.90. The zero-order chi connectivity index (χ0) is 14.5. The van der Waals surface area contributed by atoms with Crippen LogP contribution < -0.4 is 15.8 Å². The van der Waals surface area contributed by atoms with Gasteiger partial charge in [-0.05, 0) is 45.0 Å². The number of aliphatic hydroxyl groups is 1. The molecule has 0 saturated carbocycles. The highest BCUT2D eigenvalue weighted by Gasteiger charge is 2.14. The van der Waals surface area contributed by atoms with Gasteiger partial charge in [0.1, 0.15) is 0 Å². The molecule has 0 aliphatic heterocycles. The first-order chi connectivity index (χ1) is 8.90. The van der Waals surface area contributed by atoms with E-state index in [-0.39, 0.29) is 17.5 Å². The number of hydrogen-bond donors (Lipinski definition) is 4. The maximum atomic E-state index is 11.7. The Morgan fingerprint density at radius 3 is 2.68 bits per heavy atom. The van der Waals surface area contributed by atoms with Gasteiger partial charge in [0.25, 0.3) is 0 Å². The van der Waals surface area contributed by atoms with Crippen LogP contribution in [-0.2, 0) is 10.0 Å². The number of nitrogens with two attached hydrogens (primary N) is 1. The molecule has 1 rings (SSSR count). The van der Waals surface area contributed by atoms with Crippen LogP contribution in [0.4, 0.5) is 11.4 Å². The van der Waals surface area contributed by atoms with Gasteiger partial charge < -0.3 is 16.2 Å². The predicted molar refractivity (Wildman–Crippen MR) is 76.5 cm³/mol. The van der Waals surface area contributed by atoms with Crippen molar-refractivity contribution in [3.63, 3.8) is 0 Å². The molecule has 0 amide bonds. The van der Waals surface area contributed by atoms with Gasteiger partial charge in [-0.3, -0.25) is 0 Å². The van der Waals surface area contributed by atoms with Gasteiger partial charge in [0.05, 0.1) is 16.3 Å². The molecule has 1 aromatic rings. The number of nitrogens with one attached hydrogen (secondary N) is 2. The van der Waals surface area contributed by atoms with Gasteiger partial charge >= 0.3 is 0 Å². The first-order valence-corrected chi connectivity index (χ1v) is 7.59. The summed E-state index contributed by atoms with van der Waals surface area (Å²) in [5.74, 6) is 0. The summed E-state index contributed by atoms with van der Waals surface area (Å²) in [7, 11) is -2.11. The quantitative estimate of drug-likeness (QED) is 0.554. The summed E-state index contributed by atoms with van der Waals surface area (Å²) in [4.78, 5) is 0.168. The predicted octanol–water partition coefficient (Wildman–Crippen LogP) is 0.750. The van der Waals surface area contributed by atoms with Gasteiger partial charge in [-0.15, -0.1) is 0 Å². The Kier molecular flexibility index (Phi) is 5.59. The van der Waals surface area contributed by atoms with Crippen LogP contribution in [0.1, 0.15) is 19.8 Å². The van der Waals surface area contributed by atoms with Crippen molar-refractivity contribution in [2.75, 3.05) is 24.7 Å². The minimum Gasteiger partial charge on any atom is -0.397 e. The Morgan fingerprint density at radius 1 is 1.42 bits per heavy atom. The standard InChI is InChI=1S/C12H21N3O3S/c1-9(4-3-7-16)15-12-8-10(5-6-11(12)13)19(17,18)14-2/h5-6,8-9,14-16H,3-4,7,13H2,1-2H3. The Morgan fingerprint density at radius 2 is 2.11 bits per heavy atom. The van der Waals surface area contributed by atoms with Crippen LogP contribution >= 0.6 is 0 Å². The second kappa shape index (κ2) is 6.74. The first-order valence-electron chi connectivity index (χ1n) is 6.11. The van der Waals surface area contributed by atoms with E-state index in [1.165, 1.54) is 19.2 Å². The summed E-state index contributed by atoms with van der Waals surface area (Å²) in [6.07, 6.45) is 1.46. The van der Waals surface area contributed by atoms with Crippen LogP contribution in [0, 0.1) is 0 Å². The number of benzene rings is 1. The van der Waals surface area contributed by atoms with Gasteiger partial charge in [-0.2, -0.15) is 0 Å². The van der Waals surface area contributed by atoms with E-state index in [2.05, 4.69) is 10.0 Å². The molecule has 0 aliphatic carbocycles. The molecular formula is C12H21N3O3S. The molecule has 0 fully saturated rings. The highest BCUT2D eigenvalue weighted by molar-refractivity contribution is 7.89. The summed E-state index contributed by atoms with van der Waals surface area (Å²) in [6.45, 7) is 2.09. The third-order valence-electron chi connectivity index (χ3n) is 2.80. The summed E-state index contributed by atoms with van der Waals surface area (Å²) < 4.78 is 25.7. The lowest BCUT2D eigenvalue weighted by atomic mass is 10.1. The normalized spacial score (nSPS) is 13.2. The topological polar surface area (TPSA) is 104 Å². The lowest BCUT2D eigenvalue weighted by Gasteiger charge is -2.17. The molecule has 6 nitrogen and oxygen atoms in total. The van der Waals surface area contributed by atoms with Crippen molar-refractivity contribution in [1.82, 2.24) is 4.72 Å². The van der Waals surface area contributed by atoms with E-state index < -0.39 is 10.0 Å². The largest absolute Gasteiger partial charge is 0.397 e. The average molecular weight is 287 g/mol. The van der Waals surface area contributed by atoms with Crippen molar-refractivity contribution in [3.05, 3.63) is 18.2 Å². The van der Waals surface area contributed by atoms with E-state index in [4.69, 9.17) is 10.8 Å². The van der Waals surface area contributed by atoms with Gasteiger partial charge in [0, 0.05) is 12.6 Å². The molecular weight excluding hydrogens is 266 g/mol. The second-order valence-electron chi connectivity index (χ2n) is 4.37. The fourth-order valence-corrected chi connectivity index (χ4v) is 2.44. The van der Waals surface area contributed by atoms with E-state index >= 15 is 0 Å².